The van der Waals surface area contributed by atoms with E-state index in [-0.39, 0.29) is 5.88 Å². The van der Waals surface area contributed by atoms with Crippen molar-refractivity contribution in [2.24, 2.45) is 0 Å². The molecule has 0 saturated carbocycles. The molecule has 0 aliphatic heterocycles. The third-order valence-electron chi connectivity index (χ3n) is 2.65. The normalized spacial score (nSPS) is 10.3. The summed E-state index contributed by atoms with van der Waals surface area (Å²) in [4.78, 5) is 3.92. The van der Waals surface area contributed by atoms with Crippen LogP contribution in [0.4, 0.5) is 4.39 Å². The van der Waals surface area contributed by atoms with Crippen molar-refractivity contribution in [3.8, 4) is 17.4 Å². The van der Waals surface area contributed by atoms with E-state index in [9.17, 15) is 4.39 Å². The fourth-order valence-electron chi connectivity index (χ4n) is 1.74. The lowest BCUT2D eigenvalue weighted by molar-refractivity contribution is 0.339. The molecular weight excluding hydrogens is 259 g/mol. The topological polar surface area (TPSA) is 43.4 Å². The van der Waals surface area contributed by atoms with E-state index in [0.717, 1.165) is 5.75 Å². The quantitative estimate of drug-likeness (QED) is 0.880. The summed E-state index contributed by atoms with van der Waals surface area (Å²) >= 11 is 0. The smallest absolute Gasteiger partial charge is 0.256 e. The van der Waals surface area contributed by atoms with Gasteiger partial charge in [-0.2, -0.15) is 0 Å². The number of halogens is 1. The Morgan fingerprint density at radius 2 is 1.85 bits per heavy atom. The first-order valence-corrected chi connectivity index (χ1v) is 6.43. The summed E-state index contributed by atoms with van der Waals surface area (Å²) in [6, 6.07) is 8.60. The van der Waals surface area contributed by atoms with Gasteiger partial charge in [0.05, 0.1) is 6.61 Å². The number of benzene rings is 1. The predicted octanol–water partition coefficient (Wildman–Crippen LogP) is 3.13. The zero-order valence-corrected chi connectivity index (χ0v) is 11.5. The van der Waals surface area contributed by atoms with Gasteiger partial charge in [0.25, 0.3) is 5.88 Å². The van der Waals surface area contributed by atoms with Crippen molar-refractivity contribution in [1.29, 1.82) is 0 Å². The molecule has 0 radical (unpaired) electrons. The Balaban J connectivity index is 2.15. The van der Waals surface area contributed by atoms with Gasteiger partial charge >= 0.3 is 0 Å². The monoisotopic (exact) mass is 276 g/mol. The number of hydrogen-bond acceptors (Lipinski definition) is 4. The van der Waals surface area contributed by atoms with Crippen LogP contribution in [0.5, 0.6) is 17.4 Å². The van der Waals surface area contributed by atoms with Crippen molar-refractivity contribution in [3.63, 3.8) is 0 Å². The number of aromatic nitrogens is 1. The van der Waals surface area contributed by atoms with E-state index in [1.807, 2.05) is 6.92 Å². The van der Waals surface area contributed by atoms with Crippen molar-refractivity contribution in [3.05, 3.63) is 47.9 Å². The molecule has 0 aliphatic rings. The van der Waals surface area contributed by atoms with E-state index in [2.05, 4.69) is 10.3 Å². The van der Waals surface area contributed by atoms with Crippen LogP contribution in [0.2, 0.25) is 0 Å². The third kappa shape index (κ3) is 3.45. The molecule has 0 amide bonds. The number of ether oxygens (including phenoxy) is 2. The lowest BCUT2D eigenvalue weighted by Gasteiger charge is -2.09. The van der Waals surface area contributed by atoms with Crippen molar-refractivity contribution < 1.29 is 13.9 Å². The summed E-state index contributed by atoms with van der Waals surface area (Å²) < 4.78 is 24.9. The highest BCUT2D eigenvalue weighted by Crippen LogP contribution is 2.25. The van der Waals surface area contributed by atoms with Crippen molar-refractivity contribution in [2.75, 3.05) is 13.7 Å². The second-order valence-electron chi connectivity index (χ2n) is 4.13. The van der Waals surface area contributed by atoms with E-state index in [1.54, 1.807) is 37.4 Å². The van der Waals surface area contributed by atoms with Crippen LogP contribution in [0, 0.1) is 5.82 Å². The first-order chi connectivity index (χ1) is 9.74. The molecule has 4 nitrogen and oxygen atoms in total. The minimum atomic E-state index is -0.448. The van der Waals surface area contributed by atoms with Gasteiger partial charge in [0.15, 0.2) is 5.82 Å². The Morgan fingerprint density at radius 3 is 2.50 bits per heavy atom. The number of nitrogens with zero attached hydrogens (tertiary/aromatic N) is 1. The number of nitrogens with one attached hydrogen (secondary N) is 1. The Morgan fingerprint density at radius 1 is 1.15 bits per heavy atom. The van der Waals surface area contributed by atoms with Crippen molar-refractivity contribution in [2.45, 2.75) is 13.5 Å². The maximum atomic E-state index is 14.1. The summed E-state index contributed by atoms with van der Waals surface area (Å²) in [6.45, 7) is 2.94. The minimum absolute atomic E-state index is 0.0260. The van der Waals surface area contributed by atoms with Crippen LogP contribution in [0.15, 0.2) is 36.5 Å². The lowest BCUT2D eigenvalue weighted by atomic mass is 10.2. The average molecular weight is 276 g/mol. The molecule has 0 bridgehead atoms. The Hall–Kier alpha value is -2.14. The fourth-order valence-corrected chi connectivity index (χ4v) is 1.74. The molecule has 1 aromatic heterocycles. The molecule has 2 aromatic rings. The zero-order chi connectivity index (χ0) is 14.4. The van der Waals surface area contributed by atoms with Crippen molar-refractivity contribution >= 4 is 0 Å². The fraction of sp³-hybridized carbons (Fsp3) is 0.267. The maximum absolute atomic E-state index is 14.1. The van der Waals surface area contributed by atoms with Crippen LogP contribution in [-0.2, 0) is 6.54 Å². The molecule has 5 heteroatoms. The highest BCUT2D eigenvalue weighted by Gasteiger charge is 2.11. The molecule has 20 heavy (non-hydrogen) atoms. The number of hydrogen-bond donors (Lipinski definition) is 1. The third-order valence-corrected chi connectivity index (χ3v) is 2.65. The summed E-state index contributed by atoms with van der Waals surface area (Å²) in [6.07, 6.45) is 1.53. The second kappa shape index (κ2) is 6.86. The van der Waals surface area contributed by atoms with Gasteiger partial charge in [-0.1, -0.05) is 0 Å². The molecular formula is C15H17FN2O2. The Kier molecular flexibility index (Phi) is 4.90. The van der Waals surface area contributed by atoms with Crippen LogP contribution in [0.25, 0.3) is 0 Å². The van der Waals surface area contributed by atoms with Crippen LogP contribution in [-0.4, -0.2) is 18.6 Å². The van der Waals surface area contributed by atoms with Gasteiger partial charge < -0.3 is 14.8 Å². The van der Waals surface area contributed by atoms with E-state index in [0.29, 0.717) is 24.5 Å². The van der Waals surface area contributed by atoms with Crippen LogP contribution < -0.4 is 14.8 Å². The predicted molar refractivity (Wildman–Crippen MR) is 74.6 cm³/mol. The molecule has 106 valence electrons. The molecule has 0 unspecified atom stereocenters. The molecule has 0 saturated heterocycles. The zero-order valence-electron chi connectivity index (χ0n) is 11.5. The molecule has 0 spiro atoms. The summed E-state index contributed by atoms with van der Waals surface area (Å²) in [5, 5.41) is 2.90. The Labute approximate surface area is 117 Å². The van der Waals surface area contributed by atoms with E-state index in [1.165, 1.54) is 6.20 Å². The summed E-state index contributed by atoms with van der Waals surface area (Å²) in [5.74, 6) is 0.788. The lowest BCUT2D eigenvalue weighted by Crippen LogP contribution is -2.08. The number of pyridine rings is 1. The van der Waals surface area contributed by atoms with Crippen LogP contribution in [0.3, 0.4) is 0 Å². The van der Waals surface area contributed by atoms with Crippen LogP contribution >= 0.6 is 0 Å². The molecule has 0 fully saturated rings. The minimum Gasteiger partial charge on any atom is -0.494 e. The SMILES string of the molecule is CCOc1ccc(Oc2nccc(CNC)c2F)cc1. The molecule has 1 heterocycles. The second-order valence-corrected chi connectivity index (χ2v) is 4.13. The van der Waals surface area contributed by atoms with E-state index in [4.69, 9.17) is 9.47 Å². The molecule has 0 aliphatic carbocycles. The summed E-state index contributed by atoms with van der Waals surface area (Å²) in [7, 11) is 1.76. The first-order valence-electron chi connectivity index (χ1n) is 6.43. The van der Waals surface area contributed by atoms with Gasteiger partial charge in [0.1, 0.15) is 11.5 Å². The van der Waals surface area contributed by atoms with Gasteiger partial charge in [0.2, 0.25) is 0 Å². The van der Waals surface area contributed by atoms with Gasteiger partial charge in [-0.3, -0.25) is 0 Å². The van der Waals surface area contributed by atoms with Gasteiger partial charge in [-0.05, 0) is 44.3 Å². The average Bonchev–Trinajstić information content (AvgIpc) is 2.46. The number of rotatable bonds is 6. The van der Waals surface area contributed by atoms with Gasteiger partial charge in [0, 0.05) is 18.3 Å². The molecule has 1 N–H and O–H groups in total. The first kappa shape index (κ1) is 14.3. The Bertz CT molecular complexity index is 558. The maximum Gasteiger partial charge on any atom is 0.256 e. The highest BCUT2D eigenvalue weighted by molar-refractivity contribution is 5.34. The largest absolute Gasteiger partial charge is 0.494 e. The van der Waals surface area contributed by atoms with Crippen LogP contribution in [0.1, 0.15) is 12.5 Å². The van der Waals surface area contributed by atoms with Gasteiger partial charge in [-0.15, -0.1) is 0 Å². The summed E-state index contributed by atoms with van der Waals surface area (Å²) in [5.41, 5.74) is 0.517. The molecule has 0 atom stereocenters. The van der Waals surface area contributed by atoms with E-state index < -0.39 is 5.82 Å². The standard InChI is InChI=1S/C15H17FN2O2/c1-3-19-12-4-6-13(7-5-12)20-15-14(16)11(10-17-2)8-9-18-15/h4-9,17H,3,10H2,1-2H3. The van der Waals surface area contributed by atoms with Crippen molar-refractivity contribution in [1.82, 2.24) is 10.3 Å². The molecule has 2 rings (SSSR count). The molecule has 1 aromatic carbocycles. The van der Waals surface area contributed by atoms with Gasteiger partial charge in [-0.25, -0.2) is 9.37 Å². The highest BCUT2D eigenvalue weighted by atomic mass is 19.1. The van der Waals surface area contributed by atoms with E-state index >= 15 is 0 Å².